The fourth-order valence-electron chi connectivity index (χ4n) is 1.01. The number of hydrogen-bond acceptors (Lipinski definition) is 4. The molecular weight excluding hydrogens is 232 g/mol. The van der Waals surface area contributed by atoms with Crippen molar-refractivity contribution in [3.8, 4) is 0 Å². The molecule has 0 amide bonds. The first-order valence-electron chi connectivity index (χ1n) is 4.28. The maximum absolute atomic E-state index is 11.2. The van der Waals surface area contributed by atoms with E-state index in [4.69, 9.17) is 10.9 Å². The summed E-state index contributed by atoms with van der Waals surface area (Å²) in [4.78, 5) is 0. The number of amidine groups is 1. The highest BCUT2D eigenvalue weighted by Crippen LogP contribution is 2.11. The molecule has 0 unspecified atom stereocenters. The normalized spacial score (nSPS) is 12.4. The SMILES string of the molecule is CNS(=O)(=O)Nc1cccc(/C(N)=N/O)c1. The van der Waals surface area contributed by atoms with Gasteiger partial charge >= 0.3 is 0 Å². The monoisotopic (exact) mass is 244 g/mol. The van der Waals surface area contributed by atoms with E-state index >= 15 is 0 Å². The second kappa shape index (κ2) is 4.81. The Morgan fingerprint density at radius 3 is 2.75 bits per heavy atom. The van der Waals surface area contributed by atoms with E-state index in [1.165, 1.54) is 13.1 Å². The molecule has 8 heteroatoms. The van der Waals surface area contributed by atoms with Crippen LogP contribution < -0.4 is 15.2 Å². The van der Waals surface area contributed by atoms with Crippen LogP contribution in [0.25, 0.3) is 0 Å². The van der Waals surface area contributed by atoms with Gasteiger partial charge in [-0.25, -0.2) is 4.72 Å². The minimum atomic E-state index is -3.56. The predicted molar refractivity (Wildman–Crippen MR) is 60.6 cm³/mol. The Morgan fingerprint density at radius 2 is 2.19 bits per heavy atom. The van der Waals surface area contributed by atoms with E-state index in [-0.39, 0.29) is 5.84 Å². The van der Waals surface area contributed by atoms with Crippen LogP contribution in [0.3, 0.4) is 0 Å². The molecule has 0 heterocycles. The molecule has 1 rings (SSSR count). The third-order valence-electron chi connectivity index (χ3n) is 1.79. The van der Waals surface area contributed by atoms with Gasteiger partial charge in [-0.1, -0.05) is 17.3 Å². The molecule has 7 nitrogen and oxygen atoms in total. The summed E-state index contributed by atoms with van der Waals surface area (Å²) in [5.74, 6) is -0.0921. The van der Waals surface area contributed by atoms with Crippen molar-refractivity contribution >= 4 is 21.7 Å². The Balaban J connectivity index is 3.00. The molecule has 0 aromatic heterocycles. The van der Waals surface area contributed by atoms with Crippen molar-refractivity contribution in [2.24, 2.45) is 10.9 Å². The molecule has 0 radical (unpaired) electrons. The predicted octanol–water partition coefficient (Wildman–Crippen LogP) is -0.343. The van der Waals surface area contributed by atoms with Crippen molar-refractivity contribution in [1.29, 1.82) is 0 Å². The zero-order chi connectivity index (χ0) is 12.2. The Kier molecular flexibility index (Phi) is 3.69. The van der Waals surface area contributed by atoms with Crippen molar-refractivity contribution < 1.29 is 13.6 Å². The number of nitrogens with zero attached hydrogens (tertiary/aromatic N) is 1. The summed E-state index contributed by atoms with van der Waals surface area (Å²) < 4.78 is 26.7. The molecule has 0 spiro atoms. The number of hydrogen-bond donors (Lipinski definition) is 4. The number of nitrogens with one attached hydrogen (secondary N) is 2. The van der Waals surface area contributed by atoms with E-state index in [1.807, 2.05) is 0 Å². The first kappa shape index (κ1) is 12.3. The van der Waals surface area contributed by atoms with Crippen LogP contribution >= 0.6 is 0 Å². The van der Waals surface area contributed by atoms with Crippen LogP contribution in [0.4, 0.5) is 5.69 Å². The van der Waals surface area contributed by atoms with E-state index < -0.39 is 10.2 Å². The molecule has 0 fully saturated rings. The number of benzene rings is 1. The second-order valence-electron chi connectivity index (χ2n) is 2.88. The fraction of sp³-hybridized carbons (Fsp3) is 0.125. The van der Waals surface area contributed by atoms with Crippen LogP contribution in [0.2, 0.25) is 0 Å². The third-order valence-corrected chi connectivity index (χ3v) is 2.83. The summed E-state index contributed by atoms with van der Waals surface area (Å²) in [6, 6.07) is 6.17. The second-order valence-corrected chi connectivity index (χ2v) is 4.49. The van der Waals surface area contributed by atoms with Gasteiger partial charge in [0.2, 0.25) is 0 Å². The molecule has 0 aliphatic rings. The Hall–Kier alpha value is -1.80. The van der Waals surface area contributed by atoms with E-state index in [0.717, 1.165) is 0 Å². The first-order chi connectivity index (χ1) is 7.48. The molecule has 0 aliphatic carbocycles. The van der Waals surface area contributed by atoms with Crippen LogP contribution in [0, 0.1) is 0 Å². The van der Waals surface area contributed by atoms with Crippen LogP contribution in [-0.4, -0.2) is 26.5 Å². The van der Waals surface area contributed by atoms with Gasteiger partial charge in [0.15, 0.2) is 5.84 Å². The standard InChI is InChI=1S/C8H12N4O3S/c1-10-16(14,15)12-7-4-2-3-6(5-7)8(9)11-13/h2-5,10,12-13H,1H3,(H2,9,11). The molecule has 16 heavy (non-hydrogen) atoms. The minimum absolute atomic E-state index is 0.0921. The van der Waals surface area contributed by atoms with Gasteiger partial charge in [0.25, 0.3) is 10.2 Å². The lowest BCUT2D eigenvalue weighted by atomic mass is 10.2. The lowest BCUT2D eigenvalue weighted by molar-refractivity contribution is 0.318. The lowest BCUT2D eigenvalue weighted by Gasteiger charge is -2.07. The summed E-state index contributed by atoms with van der Waals surface area (Å²) in [7, 11) is -2.28. The van der Waals surface area contributed by atoms with Gasteiger partial charge in [-0.05, 0) is 12.1 Å². The van der Waals surface area contributed by atoms with E-state index in [0.29, 0.717) is 11.3 Å². The highest BCUT2D eigenvalue weighted by Gasteiger charge is 2.07. The van der Waals surface area contributed by atoms with Gasteiger partial charge in [-0.15, -0.1) is 0 Å². The van der Waals surface area contributed by atoms with Crippen molar-refractivity contribution in [3.63, 3.8) is 0 Å². The third kappa shape index (κ3) is 3.11. The zero-order valence-electron chi connectivity index (χ0n) is 8.51. The van der Waals surface area contributed by atoms with Crippen LogP contribution in [0.15, 0.2) is 29.4 Å². The van der Waals surface area contributed by atoms with Crippen molar-refractivity contribution in [3.05, 3.63) is 29.8 Å². The number of oxime groups is 1. The minimum Gasteiger partial charge on any atom is -0.409 e. The van der Waals surface area contributed by atoms with Crippen LogP contribution in [0.1, 0.15) is 5.56 Å². The average molecular weight is 244 g/mol. The molecule has 0 aliphatic heterocycles. The maximum atomic E-state index is 11.2. The Bertz CT molecular complexity index is 498. The van der Waals surface area contributed by atoms with Gasteiger partial charge in [-0.3, -0.25) is 4.72 Å². The van der Waals surface area contributed by atoms with Crippen molar-refractivity contribution in [2.45, 2.75) is 0 Å². The Labute approximate surface area is 93.1 Å². The van der Waals surface area contributed by atoms with E-state index in [2.05, 4.69) is 14.6 Å². The number of anilines is 1. The number of nitrogens with two attached hydrogens (primary N) is 1. The molecule has 1 aromatic carbocycles. The zero-order valence-corrected chi connectivity index (χ0v) is 9.32. The molecule has 1 aromatic rings. The molecule has 0 saturated carbocycles. The summed E-state index contributed by atoms with van der Waals surface area (Å²) >= 11 is 0. The summed E-state index contributed by atoms with van der Waals surface area (Å²) in [5, 5.41) is 11.3. The van der Waals surface area contributed by atoms with Gasteiger partial charge in [0.05, 0.1) is 5.69 Å². The van der Waals surface area contributed by atoms with E-state index in [9.17, 15) is 8.42 Å². The highest BCUT2D eigenvalue weighted by atomic mass is 32.2. The van der Waals surface area contributed by atoms with Crippen molar-refractivity contribution in [2.75, 3.05) is 11.8 Å². The first-order valence-corrected chi connectivity index (χ1v) is 5.76. The van der Waals surface area contributed by atoms with Gasteiger partial charge < -0.3 is 10.9 Å². The molecule has 0 saturated heterocycles. The smallest absolute Gasteiger partial charge is 0.298 e. The van der Waals surface area contributed by atoms with Gasteiger partial charge in [0, 0.05) is 12.6 Å². The summed E-state index contributed by atoms with van der Waals surface area (Å²) in [5.41, 5.74) is 6.10. The molecule has 88 valence electrons. The fourth-order valence-corrected chi connectivity index (χ4v) is 1.55. The topological polar surface area (TPSA) is 117 Å². The van der Waals surface area contributed by atoms with Crippen LogP contribution in [-0.2, 0) is 10.2 Å². The average Bonchev–Trinajstić information content (AvgIpc) is 2.28. The largest absolute Gasteiger partial charge is 0.409 e. The maximum Gasteiger partial charge on any atom is 0.298 e. The van der Waals surface area contributed by atoms with E-state index in [1.54, 1.807) is 18.2 Å². The van der Waals surface area contributed by atoms with Crippen molar-refractivity contribution in [1.82, 2.24) is 4.72 Å². The highest BCUT2D eigenvalue weighted by molar-refractivity contribution is 7.90. The van der Waals surface area contributed by atoms with Gasteiger partial charge in [0.1, 0.15) is 0 Å². The molecule has 0 atom stereocenters. The number of rotatable bonds is 4. The summed E-state index contributed by atoms with van der Waals surface area (Å²) in [6.45, 7) is 0. The molecule has 5 N–H and O–H groups in total. The van der Waals surface area contributed by atoms with Crippen LogP contribution in [0.5, 0.6) is 0 Å². The quantitative estimate of drug-likeness (QED) is 0.251. The summed E-state index contributed by atoms with van der Waals surface area (Å²) in [6.07, 6.45) is 0. The lowest BCUT2D eigenvalue weighted by Crippen LogP contribution is -2.26. The Morgan fingerprint density at radius 1 is 1.50 bits per heavy atom. The van der Waals surface area contributed by atoms with Gasteiger partial charge in [-0.2, -0.15) is 8.42 Å². The molecule has 0 bridgehead atoms. The molecular formula is C8H12N4O3S.